The molecule has 0 fully saturated rings. The molecule has 4 nitrogen and oxygen atoms in total. The highest BCUT2D eigenvalue weighted by Crippen LogP contribution is 2.40. The maximum absolute atomic E-state index is 5.87. The molecule has 3 heterocycles. The minimum absolute atomic E-state index is 0.0262. The molecule has 0 spiro atoms. The lowest BCUT2D eigenvalue weighted by molar-refractivity contribution is 0.574. The Bertz CT molecular complexity index is 1690. The van der Waals surface area contributed by atoms with E-state index >= 15 is 0 Å². The van der Waals surface area contributed by atoms with Crippen molar-refractivity contribution in [2.75, 3.05) is 4.90 Å². The molecule has 0 aliphatic carbocycles. The van der Waals surface area contributed by atoms with Crippen LogP contribution in [0.1, 0.15) is 26.3 Å². The van der Waals surface area contributed by atoms with Crippen LogP contribution >= 0.6 is 15.9 Å². The number of nitrogens with zero attached hydrogens (tertiary/aromatic N) is 3. The second-order valence-corrected chi connectivity index (χ2v) is 10.9. The van der Waals surface area contributed by atoms with Crippen LogP contribution in [0.5, 0.6) is 0 Å². The van der Waals surface area contributed by atoms with Crippen molar-refractivity contribution >= 4 is 55.0 Å². The Morgan fingerprint density at radius 3 is 2.36 bits per heavy atom. The number of furan rings is 1. The fraction of sp³-hybridized carbons (Fsp3) is 0.129. The number of hydrogen-bond acceptors (Lipinski definition) is 3. The van der Waals surface area contributed by atoms with Gasteiger partial charge in [0, 0.05) is 27.5 Å². The van der Waals surface area contributed by atoms with Gasteiger partial charge in [-0.1, -0.05) is 67.0 Å². The first kappa shape index (κ1) is 22.6. The van der Waals surface area contributed by atoms with Gasteiger partial charge < -0.3 is 4.42 Å². The van der Waals surface area contributed by atoms with E-state index < -0.39 is 0 Å². The fourth-order valence-corrected chi connectivity index (χ4v) is 5.16. The van der Waals surface area contributed by atoms with E-state index in [0.29, 0.717) is 0 Å². The summed E-state index contributed by atoms with van der Waals surface area (Å²) in [5.41, 5.74) is 5.52. The third kappa shape index (κ3) is 3.90. The molecular formula is C31H26BrN3O. The van der Waals surface area contributed by atoms with Gasteiger partial charge in [-0.25, -0.2) is 4.98 Å². The van der Waals surface area contributed by atoms with Gasteiger partial charge in [0.05, 0.1) is 28.7 Å². The van der Waals surface area contributed by atoms with Crippen molar-refractivity contribution in [3.63, 3.8) is 0 Å². The molecule has 5 heteroatoms. The molecule has 6 rings (SSSR count). The smallest absolute Gasteiger partial charge is 0.204 e. The van der Waals surface area contributed by atoms with E-state index in [-0.39, 0.29) is 5.41 Å². The summed E-state index contributed by atoms with van der Waals surface area (Å²) >= 11 is 3.62. The molecule has 6 aromatic rings. The maximum atomic E-state index is 5.87. The van der Waals surface area contributed by atoms with E-state index in [9.17, 15) is 0 Å². The second kappa shape index (κ2) is 8.68. The molecule has 36 heavy (non-hydrogen) atoms. The Morgan fingerprint density at radius 1 is 0.778 bits per heavy atom. The molecule has 0 bridgehead atoms. The van der Waals surface area contributed by atoms with Gasteiger partial charge in [-0.3, -0.25) is 9.47 Å². The van der Waals surface area contributed by atoms with Gasteiger partial charge in [-0.2, -0.15) is 0 Å². The topological polar surface area (TPSA) is 34.2 Å². The van der Waals surface area contributed by atoms with Gasteiger partial charge in [0.1, 0.15) is 5.82 Å². The van der Waals surface area contributed by atoms with Crippen molar-refractivity contribution in [3.8, 4) is 5.82 Å². The van der Waals surface area contributed by atoms with E-state index in [1.807, 2.05) is 30.5 Å². The summed E-state index contributed by atoms with van der Waals surface area (Å²) in [6, 6.07) is 31.6. The molecule has 0 aliphatic heterocycles. The molecule has 178 valence electrons. The third-order valence-corrected chi connectivity index (χ3v) is 7.04. The van der Waals surface area contributed by atoms with Crippen LogP contribution in [0.25, 0.3) is 27.6 Å². The third-order valence-electron chi connectivity index (χ3n) is 6.55. The van der Waals surface area contributed by atoms with Crippen LogP contribution in [-0.2, 0) is 5.41 Å². The lowest BCUT2D eigenvalue weighted by atomic mass is 9.88. The molecule has 0 amide bonds. The van der Waals surface area contributed by atoms with Crippen molar-refractivity contribution in [3.05, 3.63) is 113 Å². The SMILES string of the molecule is CC(C)(C)c1ccnc(-n2c3ccccc3c3ccc(N(c4cccc(Br)c4)c4ccco4)cc32)c1. The molecule has 0 atom stereocenters. The summed E-state index contributed by atoms with van der Waals surface area (Å²) < 4.78 is 9.15. The minimum atomic E-state index is 0.0262. The number of aromatic nitrogens is 2. The highest BCUT2D eigenvalue weighted by molar-refractivity contribution is 9.10. The van der Waals surface area contributed by atoms with E-state index in [1.54, 1.807) is 6.26 Å². The quantitative estimate of drug-likeness (QED) is 0.225. The number of halogens is 1. The second-order valence-electron chi connectivity index (χ2n) is 9.97. The van der Waals surface area contributed by atoms with E-state index in [2.05, 4.69) is 113 Å². The van der Waals surface area contributed by atoms with Crippen LogP contribution in [0.2, 0.25) is 0 Å². The first-order chi connectivity index (χ1) is 17.4. The average molecular weight is 536 g/mol. The van der Waals surface area contributed by atoms with E-state index in [1.165, 1.54) is 16.3 Å². The van der Waals surface area contributed by atoms with Crippen LogP contribution in [-0.4, -0.2) is 9.55 Å². The predicted octanol–water partition coefficient (Wildman–Crippen LogP) is 9.30. The summed E-state index contributed by atoms with van der Waals surface area (Å²) in [6.07, 6.45) is 3.62. The monoisotopic (exact) mass is 535 g/mol. The lowest BCUT2D eigenvalue weighted by Crippen LogP contribution is -2.12. The number of fused-ring (bicyclic) bond motifs is 3. The maximum Gasteiger partial charge on any atom is 0.204 e. The van der Waals surface area contributed by atoms with Gasteiger partial charge in [-0.15, -0.1) is 0 Å². The van der Waals surface area contributed by atoms with Gasteiger partial charge in [0.15, 0.2) is 0 Å². The number of rotatable bonds is 4. The zero-order chi connectivity index (χ0) is 24.9. The van der Waals surface area contributed by atoms with Crippen LogP contribution in [0.4, 0.5) is 17.3 Å². The van der Waals surface area contributed by atoms with Crippen LogP contribution in [0.3, 0.4) is 0 Å². The largest absolute Gasteiger partial charge is 0.448 e. The van der Waals surface area contributed by atoms with Crippen molar-refractivity contribution < 1.29 is 4.42 Å². The molecule has 0 saturated carbocycles. The van der Waals surface area contributed by atoms with Crippen LogP contribution < -0.4 is 4.90 Å². The number of hydrogen-bond donors (Lipinski definition) is 0. The Kier molecular flexibility index (Phi) is 5.45. The summed E-state index contributed by atoms with van der Waals surface area (Å²) in [7, 11) is 0. The van der Waals surface area contributed by atoms with Crippen molar-refractivity contribution in [1.82, 2.24) is 9.55 Å². The summed E-state index contributed by atoms with van der Waals surface area (Å²) in [5, 5.41) is 2.39. The zero-order valence-electron chi connectivity index (χ0n) is 20.4. The molecular weight excluding hydrogens is 510 g/mol. The Morgan fingerprint density at radius 2 is 1.58 bits per heavy atom. The first-order valence-electron chi connectivity index (χ1n) is 12.0. The molecule has 3 aromatic heterocycles. The Balaban J connectivity index is 1.63. The van der Waals surface area contributed by atoms with Gasteiger partial charge in [-0.05, 0) is 65.6 Å². The van der Waals surface area contributed by atoms with Crippen LogP contribution in [0.15, 0.2) is 112 Å². The van der Waals surface area contributed by atoms with Gasteiger partial charge in [0.2, 0.25) is 5.88 Å². The molecule has 0 unspecified atom stereocenters. The molecule has 0 saturated heterocycles. The summed E-state index contributed by atoms with van der Waals surface area (Å²) in [6.45, 7) is 6.69. The number of anilines is 3. The average Bonchev–Trinajstić information content (AvgIpc) is 3.50. The van der Waals surface area contributed by atoms with Crippen LogP contribution in [0, 0.1) is 0 Å². The van der Waals surface area contributed by atoms with E-state index in [0.717, 1.165) is 38.6 Å². The standard InChI is InChI=1S/C31H26BrN3O/c1-31(2,3)21-15-16-33-29(18-21)35-27-11-5-4-10-25(27)26-14-13-24(20-28(26)35)34(30-12-7-17-36-30)23-9-6-8-22(32)19-23/h4-20H,1-3H3. The van der Waals surface area contributed by atoms with Crippen molar-refractivity contribution in [1.29, 1.82) is 0 Å². The number of pyridine rings is 1. The number of para-hydroxylation sites is 1. The minimum Gasteiger partial charge on any atom is -0.448 e. The highest BCUT2D eigenvalue weighted by atomic mass is 79.9. The van der Waals surface area contributed by atoms with Crippen molar-refractivity contribution in [2.45, 2.75) is 26.2 Å². The normalized spacial score (nSPS) is 11.9. The molecule has 3 aromatic carbocycles. The fourth-order valence-electron chi connectivity index (χ4n) is 4.77. The van der Waals surface area contributed by atoms with Gasteiger partial charge in [0.25, 0.3) is 0 Å². The molecule has 0 N–H and O–H groups in total. The lowest BCUT2D eigenvalue weighted by Gasteiger charge is -2.23. The molecule has 0 aliphatic rings. The number of benzene rings is 3. The van der Waals surface area contributed by atoms with Gasteiger partial charge >= 0.3 is 0 Å². The Labute approximate surface area is 218 Å². The van der Waals surface area contributed by atoms with E-state index in [4.69, 9.17) is 9.40 Å². The predicted molar refractivity (Wildman–Crippen MR) is 152 cm³/mol. The zero-order valence-corrected chi connectivity index (χ0v) is 22.0. The summed E-state index contributed by atoms with van der Waals surface area (Å²) in [4.78, 5) is 6.94. The summed E-state index contributed by atoms with van der Waals surface area (Å²) in [5.74, 6) is 1.67. The first-order valence-corrected chi connectivity index (χ1v) is 12.8. The Hall–Kier alpha value is -3.83. The van der Waals surface area contributed by atoms with Crippen molar-refractivity contribution in [2.24, 2.45) is 0 Å². The highest BCUT2D eigenvalue weighted by Gasteiger charge is 2.20. The molecule has 0 radical (unpaired) electrons.